The standard InChI is InChI=1S/C18H13F3N2O2S/c1-10-15(26-17(22-10)11-2-4-12(19)5-3-11)16(24)23-13-6-8-14(9-7-13)25-18(20)21/h2-9,18H,1H3,(H,23,24). The molecule has 0 saturated carbocycles. The number of ether oxygens (including phenoxy) is 1. The Balaban J connectivity index is 1.75. The van der Waals surface area contributed by atoms with Gasteiger partial charge in [0.15, 0.2) is 0 Å². The van der Waals surface area contributed by atoms with E-state index in [9.17, 15) is 18.0 Å². The molecular weight excluding hydrogens is 365 g/mol. The molecule has 0 aliphatic rings. The predicted octanol–water partition coefficient (Wildman–Crippen LogP) is 5.11. The molecule has 1 amide bonds. The molecule has 0 saturated heterocycles. The minimum absolute atomic E-state index is 0.00515. The molecule has 4 nitrogen and oxygen atoms in total. The van der Waals surface area contributed by atoms with Crippen LogP contribution in [0.15, 0.2) is 48.5 Å². The fourth-order valence-corrected chi connectivity index (χ4v) is 3.20. The number of amides is 1. The summed E-state index contributed by atoms with van der Waals surface area (Å²) in [6, 6.07) is 11.5. The van der Waals surface area contributed by atoms with Crippen LogP contribution >= 0.6 is 11.3 Å². The largest absolute Gasteiger partial charge is 0.435 e. The van der Waals surface area contributed by atoms with Gasteiger partial charge >= 0.3 is 6.61 Å². The summed E-state index contributed by atoms with van der Waals surface area (Å²) in [5.41, 5.74) is 1.70. The molecule has 0 aliphatic heterocycles. The first-order valence-corrected chi connectivity index (χ1v) is 8.33. The van der Waals surface area contributed by atoms with E-state index in [4.69, 9.17) is 0 Å². The number of carbonyl (C=O) groups excluding carboxylic acids is 1. The number of hydrogen-bond acceptors (Lipinski definition) is 4. The highest BCUT2D eigenvalue weighted by atomic mass is 32.1. The number of thiazole rings is 1. The zero-order valence-electron chi connectivity index (χ0n) is 13.5. The van der Waals surface area contributed by atoms with Crippen LogP contribution in [-0.4, -0.2) is 17.5 Å². The summed E-state index contributed by atoms with van der Waals surface area (Å²) >= 11 is 1.19. The van der Waals surface area contributed by atoms with Gasteiger partial charge in [0.25, 0.3) is 5.91 Å². The monoisotopic (exact) mass is 378 g/mol. The maximum Gasteiger partial charge on any atom is 0.387 e. The first kappa shape index (κ1) is 17.9. The Morgan fingerprint density at radius 3 is 2.38 bits per heavy atom. The Bertz CT molecular complexity index is 909. The van der Waals surface area contributed by atoms with Crippen molar-refractivity contribution in [2.45, 2.75) is 13.5 Å². The molecule has 1 N–H and O–H groups in total. The third-order valence-corrected chi connectivity index (χ3v) is 4.64. The first-order chi connectivity index (χ1) is 12.4. The lowest BCUT2D eigenvalue weighted by molar-refractivity contribution is -0.0498. The molecular formula is C18H13F3N2O2S. The normalized spacial score (nSPS) is 10.8. The zero-order chi connectivity index (χ0) is 18.7. The SMILES string of the molecule is Cc1nc(-c2ccc(F)cc2)sc1C(=O)Nc1ccc(OC(F)F)cc1. The molecule has 0 atom stereocenters. The summed E-state index contributed by atoms with van der Waals surface area (Å²) in [4.78, 5) is 17.2. The van der Waals surface area contributed by atoms with Crippen LogP contribution in [0.1, 0.15) is 15.4 Å². The molecule has 8 heteroatoms. The number of rotatable bonds is 5. The minimum Gasteiger partial charge on any atom is -0.435 e. The van der Waals surface area contributed by atoms with Crippen LogP contribution in [0.2, 0.25) is 0 Å². The van der Waals surface area contributed by atoms with Crippen molar-refractivity contribution in [1.29, 1.82) is 0 Å². The van der Waals surface area contributed by atoms with Crippen molar-refractivity contribution in [3.63, 3.8) is 0 Å². The van der Waals surface area contributed by atoms with Gasteiger partial charge < -0.3 is 10.1 Å². The summed E-state index contributed by atoms with van der Waals surface area (Å²) in [5.74, 6) is -0.708. The number of anilines is 1. The van der Waals surface area contributed by atoms with Crippen molar-refractivity contribution in [3.05, 3.63) is 64.9 Å². The number of benzene rings is 2. The second-order valence-corrected chi connectivity index (χ2v) is 6.30. The van der Waals surface area contributed by atoms with Gasteiger partial charge in [0.1, 0.15) is 21.5 Å². The van der Waals surface area contributed by atoms with Gasteiger partial charge in [0.05, 0.1) is 5.69 Å². The molecule has 2 aromatic carbocycles. The second-order valence-electron chi connectivity index (χ2n) is 5.30. The summed E-state index contributed by atoms with van der Waals surface area (Å²) in [5, 5.41) is 3.29. The summed E-state index contributed by atoms with van der Waals surface area (Å²) < 4.78 is 41.6. The first-order valence-electron chi connectivity index (χ1n) is 7.52. The van der Waals surface area contributed by atoms with Crippen molar-refractivity contribution in [2.75, 3.05) is 5.32 Å². The highest BCUT2D eigenvalue weighted by Gasteiger charge is 2.16. The van der Waals surface area contributed by atoms with Crippen molar-refractivity contribution in [2.24, 2.45) is 0 Å². The van der Waals surface area contributed by atoms with Crippen molar-refractivity contribution < 1.29 is 22.7 Å². The van der Waals surface area contributed by atoms with Gasteiger partial charge in [-0.1, -0.05) is 0 Å². The Kier molecular flexibility index (Phi) is 5.22. The van der Waals surface area contributed by atoms with Gasteiger partial charge in [0, 0.05) is 11.3 Å². The second kappa shape index (κ2) is 7.57. The zero-order valence-corrected chi connectivity index (χ0v) is 14.3. The highest BCUT2D eigenvalue weighted by molar-refractivity contribution is 7.17. The molecule has 3 aromatic rings. The van der Waals surface area contributed by atoms with Gasteiger partial charge in [0.2, 0.25) is 0 Å². The number of hydrogen-bond donors (Lipinski definition) is 1. The fourth-order valence-electron chi connectivity index (χ4n) is 2.23. The van der Waals surface area contributed by atoms with Crippen molar-refractivity contribution >= 4 is 22.9 Å². The van der Waals surface area contributed by atoms with Gasteiger partial charge in [-0.25, -0.2) is 9.37 Å². The molecule has 0 aliphatic carbocycles. The Labute approximate surface area is 151 Å². The number of halogens is 3. The molecule has 134 valence electrons. The van der Waals surface area contributed by atoms with E-state index in [1.807, 2.05) is 0 Å². The molecule has 3 rings (SSSR count). The van der Waals surface area contributed by atoms with E-state index < -0.39 is 6.61 Å². The molecule has 26 heavy (non-hydrogen) atoms. The lowest BCUT2D eigenvalue weighted by atomic mass is 10.2. The molecule has 0 unspecified atom stereocenters. The van der Waals surface area contributed by atoms with Gasteiger partial charge in [-0.15, -0.1) is 11.3 Å². The van der Waals surface area contributed by atoms with Gasteiger partial charge in [-0.2, -0.15) is 8.78 Å². The molecule has 0 spiro atoms. The topological polar surface area (TPSA) is 51.2 Å². The van der Waals surface area contributed by atoms with E-state index in [1.54, 1.807) is 19.1 Å². The average Bonchev–Trinajstić information content (AvgIpc) is 2.99. The van der Waals surface area contributed by atoms with E-state index in [2.05, 4.69) is 15.0 Å². The maximum atomic E-state index is 13.0. The van der Waals surface area contributed by atoms with Crippen LogP contribution < -0.4 is 10.1 Å². The highest BCUT2D eigenvalue weighted by Crippen LogP contribution is 2.29. The molecule has 0 fully saturated rings. The van der Waals surface area contributed by atoms with Crippen LogP contribution in [0.5, 0.6) is 5.75 Å². The summed E-state index contributed by atoms with van der Waals surface area (Å²) in [6.45, 7) is -1.20. The van der Waals surface area contributed by atoms with Gasteiger partial charge in [-0.3, -0.25) is 4.79 Å². The minimum atomic E-state index is -2.90. The number of carbonyl (C=O) groups is 1. The lowest BCUT2D eigenvalue weighted by Crippen LogP contribution is -2.11. The van der Waals surface area contributed by atoms with E-state index >= 15 is 0 Å². The third-order valence-electron chi connectivity index (χ3n) is 3.43. The molecule has 1 aromatic heterocycles. The van der Waals surface area contributed by atoms with E-state index in [-0.39, 0.29) is 17.5 Å². The molecule has 0 bridgehead atoms. The maximum absolute atomic E-state index is 13.0. The summed E-state index contributed by atoms with van der Waals surface area (Å²) in [6.07, 6.45) is 0. The Morgan fingerprint density at radius 2 is 1.77 bits per heavy atom. The average molecular weight is 378 g/mol. The predicted molar refractivity (Wildman–Crippen MR) is 93.3 cm³/mol. The van der Waals surface area contributed by atoms with Crippen LogP contribution in [0.4, 0.5) is 18.9 Å². The Morgan fingerprint density at radius 1 is 1.12 bits per heavy atom. The molecule has 0 radical (unpaired) electrons. The number of alkyl halides is 2. The Hall–Kier alpha value is -2.87. The fraction of sp³-hybridized carbons (Fsp3) is 0.111. The van der Waals surface area contributed by atoms with Gasteiger partial charge in [-0.05, 0) is 55.5 Å². The smallest absolute Gasteiger partial charge is 0.387 e. The van der Waals surface area contributed by atoms with Crippen LogP contribution in [0.3, 0.4) is 0 Å². The lowest BCUT2D eigenvalue weighted by Gasteiger charge is -2.07. The van der Waals surface area contributed by atoms with Crippen LogP contribution in [0.25, 0.3) is 10.6 Å². The van der Waals surface area contributed by atoms with E-state index in [1.165, 1.54) is 47.7 Å². The number of nitrogens with zero attached hydrogens (tertiary/aromatic N) is 1. The van der Waals surface area contributed by atoms with Crippen LogP contribution in [0, 0.1) is 12.7 Å². The van der Waals surface area contributed by atoms with E-state index in [0.717, 1.165) is 0 Å². The number of aryl methyl sites for hydroxylation is 1. The summed E-state index contributed by atoms with van der Waals surface area (Å²) in [7, 11) is 0. The quantitative estimate of drug-likeness (QED) is 0.671. The van der Waals surface area contributed by atoms with Crippen molar-refractivity contribution in [1.82, 2.24) is 4.98 Å². The van der Waals surface area contributed by atoms with E-state index in [0.29, 0.717) is 26.8 Å². The van der Waals surface area contributed by atoms with Crippen molar-refractivity contribution in [3.8, 4) is 16.3 Å². The number of aromatic nitrogens is 1. The van der Waals surface area contributed by atoms with Crippen LogP contribution in [-0.2, 0) is 0 Å². The molecule has 1 heterocycles. The number of nitrogens with one attached hydrogen (secondary N) is 1. The third kappa shape index (κ3) is 4.20.